The van der Waals surface area contributed by atoms with Crippen LogP contribution in [0.1, 0.15) is 30.3 Å². The highest BCUT2D eigenvalue weighted by atomic mass is 32.2. The molecule has 1 aliphatic rings. The van der Waals surface area contributed by atoms with Gasteiger partial charge in [0.25, 0.3) is 11.8 Å². The van der Waals surface area contributed by atoms with E-state index in [2.05, 4.69) is 15.5 Å². The van der Waals surface area contributed by atoms with E-state index in [1.165, 1.54) is 4.90 Å². The van der Waals surface area contributed by atoms with Crippen LogP contribution in [-0.2, 0) is 24.2 Å². The van der Waals surface area contributed by atoms with Crippen molar-refractivity contribution in [3.05, 3.63) is 30.0 Å². The minimum atomic E-state index is -3.12. The Balaban J connectivity index is 1.42. The van der Waals surface area contributed by atoms with Gasteiger partial charge in [0.1, 0.15) is 0 Å². The second kappa shape index (κ2) is 9.24. The molecule has 1 aliphatic heterocycles. The molecular formula is C19H24N4O6S. The molecule has 3 rings (SSSR count). The molecule has 0 spiro atoms. The van der Waals surface area contributed by atoms with Gasteiger partial charge in [0.15, 0.2) is 22.1 Å². The van der Waals surface area contributed by atoms with Gasteiger partial charge in [-0.05, 0) is 19.4 Å². The highest BCUT2D eigenvalue weighted by Gasteiger charge is 2.34. The van der Waals surface area contributed by atoms with Gasteiger partial charge in [0.05, 0.1) is 23.4 Å². The van der Waals surface area contributed by atoms with E-state index in [9.17, 15) is 22.8 Å². The normalized spacial score (nSPS) is 17.6. The van der Waals surface area contributed by atoms with E-state index in [1.54, 1.807) is 25.1 Å². The summed E-state index contributed by atoms with van der Waals surface area (Å²) in [5.41, 5.74) is 0.968. The number of amides is 2. The lowest BCUT2D eigenvalue weighted by Gasteiger charge is -2.26. The topological polar surface area (TPSA) is 139 Å². The molecule has 2 heterocycles. The van der Waals surface area contributed by atoms with Gasteiger partial charge < -0.3 is 15.0 Å². The van der Waals surface area contributed by atoms with Crippen LogP contribution in [0.2, 0.25) is 0 Å². The fourth-order valence-corrected chi connectivity index (χ4v) is 5.19. The summed E-state index contributed by atoms with van der Waals surface area (Å²) in [4.78, 5) is 37.9. The number of H-pyrrole nitrogens is 1. The van der Waals surface area contributed by atoms with Crippen molar-refractivity contribution >= 4 is 38.5 Å². The number of carbonyl (C=O) groups is 3. The van der Waals surface area contributed by atoms with E-state index < -0.39 is 34.2 Å². The van der Waals surface area contributed by atoms with Crippen molar-refractivity contribution in [3.8, 4) is 0 Å². The second-order valence-electron chi connectivity index (χ2n) is 7.02. The van der Waals surface area contributed by atoms with Crippen LogP contribution >= 0.6 is 0 Å². The van der Waals surface area contributed by atoms with Crippen molar-refractivity contribution in [2.24, 2.45) is 0 Å². The summed E-state index contributed by atoms with van der Waals surface area (Å²) >= 11 is 0. The number of rotatable bonds is 8. The zero-order chi connectivity index (χ0) is 21.7. The molecule has 1 fully saturated rings. The average molecular weight is 436 g/mol. The minimum absolute atomic E-state index is 0.0331. The van der Waals surface area contributed by atoms with Gasteiger partial charge in [-0.3, -0.25) is 19.5 Å². The van der Waals surface area contributed by atoms with Crippen molar-refractivity contribution in [2.45, 2.75) is 25.8 Å². The van der Waals surface area contributed by atoms with E-state index in [0.717, 1.165) is 5.52 Å². The molecule has 1 saturated heterocycles. The molecular weight excluding hydrogens is 412 g/mol. The Bertz CT molecular complexity index is 1050. The van der Waals surface area contributed by atoms with E-state index >= 15 is 0 Å². The lowest BCUT2D eigenvalue weighted by Crippen LogP contribution is -2.43. The Morgan fingerprint density at radius 2 is 2.07 bits per heavy atom. The van der Waals surface area contributed by atoms with Crippen LogP contribution in [0.25, 0.3) is 10.9 Å². The Hall–Kier alpha value is -2.95. The molecule has 162 valence electrons. The monoisotopic (exact) mass is 436 g/mol. The van der Waals surface area contributed by atoms with Crippen molar-refractivity contribution in [2.75, 3.05) is 31.2 Å². The summed E-state index contributed by atoms with van der Waals surface area (Å²) in [6.45, 7) is 1.66. The maximum atomic E-state index is 12.3. The number of nitrogens with zero attached hydrogens (tertiary/aromatic N) is 2. The quantitative estimate of drug-likeness (QED) is 0.566. The molecule has 0 saturated carbocycles. The number of fused-ring (bicyclic) bond motifs is 1. The van der Waals surface area contributed by atoms with Gasteiger partial charge in [-0.15, -0.1) is 0 Å². The zero-order valence-corrected chi connectivity index (χ0v) is 17.4. The summed E-state index contributed by atoms with van der Waals surface area (Å²) in [6, 6.07) is 6.81. The van der Waals surface area contributed by atoms with E-state index in [-0.39, 0.29) is 36.2 Å². The fourth-order valence-electron chi connectivity index (χ4n) is 3.46. The lowest BCUT2D eigenvalue weighted by atomic mass is 10.2. The molecule has 2 N–H and O–H groups in total. The standard InChI is InChI=1S/C19H24N4O6S/c1-2-23(13-8-10-30(27,28)12-13)16(24)11-29-17(25)7-9-20-19(26)18-14-5-3-4-6-15(14)21-22-18/h3-6,13H,2,7-12H2,1H3,(H,20,26)(H,21,22). The first-order chi connectivity index (χ1) is 14.3. The molecule has 0 aliphatic carbocycles. The Kier molecular flexibility index (Phi) is 6.70. The number of benzene rings is 1. The number of carbonyl (C=O) groups excluding carboxylic acids is 3. The van der Waals surface area contributed by atoms with Gasteiger partial charge in [0.2, 0.25) is 0 Å². The third-order valence-corrected chi connectivity index (χ3v) is 6.72. The van der Waals surface area contributed by atoms with Crippen LogP contribution in [0.5, 0.6) is 0 Å². The summed E-state index contributed by atoms with van der Waals surface area (Å²) in [5.74, 6) is -1.48. The van der Waals surface area contributed by atoms with Crippen LogP contribution < -0.4 is 5.32 Å². The van der Waals surface area contributed by atoms with Gasteiger partial charge >= 0.3 is 5.97 Å². The van der Waals surface area contributed by atoms with Crippen molar-refractivity contribution in [1.29, 1.82) is 0 Å². The van der Waals surface area contributed by atoms with Crippen LogP contribution in [0.4, 0.5) is 0 Å². The van der Waals surface area contributed by atoms with Crippen molar-refractivity contribution in [1.82, 2.24) is 20.4 Å². The molecule has 2 aromatic rings. The molecule has 10 nitrogen and oxygen atoms in total. The van der Waals surface area contributed by atoms with Crippen LogP contribution in [0.15, 0.2) is 24.3 Å². The predicted octanol–water partition coefficient (Wildman–Crippen LogP) is 0.262. The molecule has 0 radical (unpaired) electrons. The zero-order valence-electron chi connectivity index (χ0n) is 16.6. The highest BCUT2D eigenvalue weighted by molar-refractivity contribution is 7.91. The molecule has 2 amide bonds. The first-order valence-corrected chi connectivity index (χ1v) is 11.5. The lowest BCUT2D eigenvalue weighted by molar-refractivity contribution is -0.152. The van der Waals surface area contributed by atoms with Crippen molar-refractivity contribution < 1.29 is 27.5 Å². The number of hydrogen-bond acceptors (Lipinski definition) is 7. The SMILES string of the molecule is CCN(C(=O)COC(=O)CCNC(=O)c1n[nH]c2ccccc12)C1CCS(=O)(=O)C1. The van der Waals surface area contributed by atoms with Crippen LogP contribution in [-0.4, -0.2) is 78.5 Å². The molecule has 11 heteroatoms. The first-order valence-electron chi connectivity index (χ1n) is 9.67. The highest BCUT2D eigenvalue weighted by Crippen LogP contribution is 2.18. The van der Waals surface area contributed by atoms with Gasteiger partial charge in [-0.25, -0.2) is 8.42 Å². The molecule has 30 heavy (non-hydrogen) atoms. The molecule has 1 aromatic carbocycles. The number of likely N-dealkylation sites (N-methyl/N-ethyl adjacent to an activating group) is 1. The number of hydrogen-bond donors (Lipinski definition) is 2. The Morgan fingerprint density at radius 1 is 1.30 bits per heavy atom. The summed E-state index contributed by atoms with van der Waals surface area (Å²) < 4.78 is 28.2. The molecule has 1 atom stereocenters. The second-order valence-corrected chi connectivity index (χ2v) is 9.25. The van der Waals surface area contributed by atoms with Gasteiger partial charge in [0, 0.05) is 24.5 Å². The summed E-state index contributed by atoms with van der Waals surface area (Å²) in [5, 5.41) is 10.0. The number of sulfone groups is 1. The smallest absolute Gasteiger partial charge is 0.308 e. The number of nitrogens with one attached hydrogen (secondary N) is 2. The van der Waals surface area contributed by atoms with E-state index in [1.807, 2.05) is 6.07 Å². The first kappa shape index (κ1) is 21.8. The van der Waals surface area contributed by atoms with Crippen LogP contribution in [0, 0.1) is 0 Å². The number of ether oxygens (including phenoxy) is 1. The number of esters is 1. The fraction of sp³-hybridized carbons (Fsp3) is 0.474. The third kappa shape index (κ3) is 5.15. The van der Waals surface area contributed by atoms with Crippen LogP contribution in [0.3, 0.4) is 0 Å². The average Bonchev–Trinajstić information content (AvgIpc) is 3.30. The Labute approximate surface area is 173 Å². The van der Waals surface area contributed by atoms with Crippen molar-refractivity contribution in [3.63, 3.8) is 0 Å². The predicted molar refractivity (Wildman–Crippen MR) is 108 cm³/mol. The van der Waals surface area contributed by atoms with E-state index in [0.29, 0.717) is 18.4 Å². The summed E-state index contributed by atoms with van der Waals surface area (Å²) in [6.07, 6.45) is 0.287. The van der Waals surface area contributed by atoms with E-state index in [4.69, 9.17) is 4.74 Å². The van der Waals surface area contributed by atoms with Gasteiger partial charge in [-0.1, -0.05) is 18.2 Å². The number of para-hydroxylation sites is 1. The number of aromatic nitrogens is 2. The number of aromatic amines is 1. The van der Waals surface area contributed by atoms with Gasteiger partial charge in [-0.2, -0.15) is 5.10 Å². The Morgan fingerprint density at radius 3 is 2.77 bits per heavy atom. The molecule has 1 unspecified atom stereocenters. The third-order valence-electron chi connectivity index (χ3n) is 4.97. The largest absolute Gasteiger partial charge is 0.456 e. The molecule has 1 aromatic heterocycles. The summed E-state index contributed by atoms with van der Waals surface area (Å²) in [7, 11) is -3.12. The molecule has 0 bridgehead atoms. The minimum Gasteiger partial charge on any atom is -0.456 e. The maximum Gasteiger partial charge on any atom is 0.308 e. The maximum absolute atomic E-state index is 12.3.